The van der Waals surface area contributed by atoms with Gasteiger partial charge in [-0.1, -0.05) is 15.9 Å². The fraction of sp³-hybridized carbons (Fsp3) is 0.133. The van der Waals surface area contributed by atoms with Gasteiger partial charge in [-0.2, -0.15) is 0 Å². The molecule has 108 valence electrons. The van der Waals surface area contributed by atoms with Crippen LogP contribution < -0.4 is 0 Å². The Labute approximate surface area is 133 Å². The molecule has 0 N–H and O–H groups in total. The fourth-order valence-electron chi connectivity index (χ4n) is 2.37. The minimum atomic E-state index is -0.918. The minimum absolute atomic E-state index is 0.102. The molecule has 3 aromatic rings. The van der Waals surface area contributed by atoms with E-state index in [9.17, 15) is 8.78 Å². The third-order valence-corrected chi connectivity index (χ3v) is 4.03. The van der Waals surface area contributed by atoms with Crippen molar-refractivity contribution < 1.29 is 8.78 Å². The Morgan fingerprint density at radius 2 is 2.00 bits per heavy atom. The highest BCUT2D eigenvalue weighted by Gasteiger charge is 2.19. The van der Waals surface area contributed by atoms with E-state index in [0.29, 0.717) is 11.3 Å². The van der Waals surface area contributed by atoms with Crippen molar-refractivity contribution in [3.8, 4) is 5.69 Å². The zero-order valence-corrected chi connectivity index (χ0v) is 13.3. The molecular weight excluding hydrogens is 362 g/mol. The van der Waals surface area contributed by atoms with Crippen LogP contribution in [0.4, 0.5) is 8.78 Å². The molecule has 0 atom stereocenters. The second-order valence-corrected chi connectivity index (χ2v) is 5.84. The zero-order valence-electron chi connectivity index (χ0n) is 11.0. The van der Waals surface area contributed by atoms with Crippen molar-refractivity contribution in [2.45, 2.75) is 12.8 Å². The van der Waals surface area contributed by atoms with Gasteiger partial charge < -0.3 is 0 Å². The molecule has 0 bridgehead atoms. The molecule has 0 saturated carbocycles. The lowest BCUT2D eigenvalue weighted by Gasteiger charge is -2.12. The normalized spacial score (nSPS) is 11.3. The van der Waals surface area contributed by atoms with Crippen LogP contribution in [0.15, 0.2) is 34.8 Å². The molecule has 2 nitrogen and oxygen atoms in total. The van der Waals surface area contributed by atoms with Crippen molar-refractivity contribution >= 4 is 38.6 Å². The molecule has 0 aliphatic heterocycles. The lowest BCUT2D eigenvalue weighted by atomic mass is 10.2. The van der Waals surface area contributed by atoms with E-state index in [2.05, 4.69) is 20.9 Å². The molecule has 1 heterocycles. The van der Waals surface area contributed by atoms with Crippen molar-refractivity contribution in [3.05, 3.63) is 57.8 Å². The molecular formula is C15H10BrClF2N2. The smallest absolute Gasteiger partial charge is 0.185 e. The van der Waals surface area contributed by atoms with Gasteiger partial charge in [0, 0.05) is 4.47 Å². The molecule has 21 heavy (non-hydrogen) atoms. The van der Waals surface area contributed by atoms with Crippen molar-refractivity contribution in [2.24, 2.45) is 0 Å². The Kier molecular flexibility index (Phi) is 3.71. The van der Waals surface area contributed by atoms with Crippen LogP contribution in [0.1, 0.15) is 11.4 Å². The zero-order chi connectivity index (χ0) is 15.1. The largest absolute Gasteiger partial charge is 0.292 e. The van der Waals surface area contributed by atoms with Gasteiger partial charge in [-0.3, -0.25) is 4.57 Å². The lowest BCUT2D eigenvalue weighted by molar-refractivity contribution is 0.514. The van der Waals surface area contributed by atoms with Gasteiger partial charge in [-0.05, 0) is 42.8 Å². The predicted octanol–water partition coefficient (Wildman–Crippen LogP) is 5.11. The summed E-state index contributed by atoms with van der Waals surface area (Å²) < 4.78 is 30.3. The Morgan fingerprint density at radius 1 is 1.24 bits per heavy atom. The molecule has 0 unspecified atom stereocenters. The second kappa shape index (κ2) is 5.39. The summed E-state index contributed by atoms with van der Waals surface area (Å²) in [4.78, 5) is 4.29. The average molecular weight is 372 g/mol. The van der Waals surface area contributed by atoms with Gasteiger partial charge in [0.1, 0.15) is 11.3 Å². The van der Waals surface area contributed by atoms with E-state index in [1.807, 2.05) is 25.1 Å². The maximum absolute atomic E-state index is 14.2. The van der Waals surface area contributed by atoms with E-state index >= 15 is 0 Å². The fourth-order valence-corrected chi connectivity index (χ4v) is 3.02. The number of aryl methyl sites for hydroxylation is 1. The van der Waals surface area contributed by atoms with E-state index in [-0.39, 0.29) is 11.4 Å². The Hall–Kier alpha value is -1.46. The molecule has 3 rings (SSSR count). The highest BCUT2D eigenvalue weighted by atomic mass is 79.9. The molecule has 0 fully saturated rings. The summed E-state index contributed by atoms with van der Waals surface area (Å²) in [5, 5.41) is 0. The van der Waals surface area contributed by atoms with Crippen LogP contribution >= 0.6 is 27.5 Å². The van der Waals surface area contributed by atoms with E-state index in [1.54, 1.807) is 4.57 Å². The van der Waals surface area contributed by atoms with Crippen molar-refractivity contribution in [3.63, 3.8) is 0 Å². The number of fused-ring (bicyclic) bond motifs is 1. The number of imidazole rings is 1. The first kappa shape index (κ1) is 14.5. The SMILES string of the molecule is Cc1cc(Br)ccc1-n1c(CCl)nc2ccc(F)c(F)c21. The quantitative estimate of drug-likeness (QED) is 0.572. The molecule has 0 amide bonds. The molecule has 0 spiro atoms. The van der Waals surface area contributed by atoms with Crippen LogP contribution in [0.2, 0.25) is 0 Å². The Bertz CT molecular complexity index is 845. The van der Waals surface area contributed by atoms with Crippen LogP contribution in [0.3, 0.4) is 0 Å². The number of hydrogen-bond donors (Lipinski definition) is 0. The summed E-state index contributed by atoms with van der Waals surface area (Å²) in [5.74, 6) is -1.24. The van der Waals surface area contributed by atoms with Gasteiger partial charge in [0.05, 0.1) is 17.1 Å². The van der Waals surface area contributed by atoms with Crippen LogP contribution in [0.25, 0.3) is 16.7 Å². The summed E-state index contributed by atoms with van der Waals surface area (Å²) in [7, 11) is 0. The Balaban J connectivity index is 2.42. The third-order valence-electron chi connectivity index (χ3n) is 3.30. The van der Waals surface area contributed by atoms with E-state index in [4.69, 9.17) is 11.6 Å². The maximum Gasteiger partial charge on any atom is 0.185 e. The molecule has 0 radical (unpaired) electrons. The molecule has 1 aromatic heterocycles. The highest BCUT2D eigenvalue weighted by Crippen LogP contribution is 2.29. The predicted molar refractivity (Wildman–Crippen MR) is 83.0 cm³/mol. The van der Waals surface area contributed by atoms with E-state index in [0.717, 1.165) is 21.8 Å². The summed E-state index contributed by atoms with van der Waals surface area (Å²) in [6.45, 7) is 1.89. The molecule has 0 aliphatic rings. The number of alkyl halides is 1. The first-order valence-electron chi connectivity index (χ1n) is 6.20. The summed E-state index contributed by atoms with van der Waals surface area (Å²) in [6.07, 6.45) is 0. The lowest BCUT2D eigenvalue weighted by Crippen LogP contribution is -2.03. The van der Waals surface area contributed by atoms with Gasteiger partial charge in [0.2, 0.25) is 0 Å². The van der Waals surface area contributed by atoms with E-state index in [1.165, 1.54) is 6.07 Å². The topological polar surface area (TPSA) is 17.8 Å². The highest BCUT2D eigenvalue weighted by molar-refractivity contribution is 9.10. The van der Waals surface area contributed by atoms with E-state index < -0.39 is 11.6 Å². The first-order valence-corrected chi connectivity index (χ1v) is 7.53. The van der Waals surface area contributed by atoms with Gasteiger partial charge in [0.15, 0.2) is 11.6 Å². The second-order valence-electron chi connectivity index (χ2n) is 4.66. The van der Waals surface area contributed by atoms with Gasteiger partial charge >= 0.3 is 0 Å². The number of aromatic nitrogens is 2. The maximum atomic E-state index is 14.2. The Morgan fingerprint density at radius 3 is 2.67 bits per heavy atom. The standard InChI is InChI=1S/C15H10BrClF2N2/c1-8-6-9(16)2-5-12(8)21-13(7-17)20-11-4-3-10(18)14(19)15(11)21/h2-6H,7H2,1H3. The van der Waals surface area contributed by atoms with Gasteiger partial charge in [-0.25, -0.2) is 13.8 Å². The average Bonchev–Trinajstić information content (AvgIpc) is 2.82. The van der Waals surface area contributed by atoms with Crippen LogP contribution in [-0.4, -0.2) is 9.55 Å². The van der Waals surface area contributed by atoms with Crippen LogP contribution in [0, 0.1) is 18.6 Å². The number of nitrogens with zero attached hydrogens (tertiary/aromatic N) is 2. The minimum Gasteiger partial charge on any atom is -0.292 e. The number of rotatable bonds is 2. The van der Waals surface area contributed by atoms with Crippen molar-refractivity contribution in [1.29, 1.82) is 0 Å². The monoisotopic (exact) mass is 370 g/mol. The van der Waals surface area contributed by atoms with Crippen LogP contribution in [0.5, 0.6) is 0 Å². The number of benzene rings is 2. The van der Waals surface area contributed by atoms with Gasteiger partial charge in [-0.15, -0.1) is 11.6 Å². The third kappa shape index (κ3) is 2.34. The summed E-state index contributed by atoms with van der Waals surface area (Å²) in [5.41, 5.74) is 2.11. The van der Waals surface area contributed by atoms with Crippen molar-refractivity contribution in [2.75, 3.05) is 0 Å². The number of halogens is 4. The molecule has 0 aliphatic carbocycles. The van der Waals surface area contributed by atoms with Gasteiger partial charge in [0.25, 0.3) is 0 Å². The number of hydrogen-bond acceptors (Lipinski definition) is 1. The van der Waals surface area contributed by atoms with Crippen LogP contribution in [-0.2, 0) is 5.88 Å². The molecule has 6 heteroatoms. The first-order chi connectivity index (χ1) is 10.0. The van der Waals surface area contributed by atoms with Crippen molar-refractivity contribution in [1.82, 2.24) is 9.55 Å². The summed E-state index contributed by atoms with van der Waals surface area (Å²) >= 11 is 9.31. The molecule has 0 saturated heterocycles. The molecule has 2 aromatic carbocycles. The summed E-state index contributed by atoms with van der Waals surface area (Å²) in [6, 6.07) is 8.08.